The van der Waals surface area contributed by atoms with Gasteiger partial charge in [0.25, 0.3) is 0 Å². The summed E-state index contributed by atoms with van der Waals surface area (Å²) >= 11 is 0. The molecule has 0 radical (unpaired) electrons. The summed E-state index contributed by atoms with van der Waals surface area (Å²) in [6.07, 6.45) is 3.68. The average Bonchev–Trinajstić information content (AvgIpc) is 2.86. The Kier molecular flexibility index (Phi) is 7.38. The molecule has 0 spiro atoms. The summed E-state index contributed by atoms with van der Waals surface area (Å²) in [5, 5.41) is 0. The zero-order chi connectivity index (χ0) is 24.1. The summed E-state index contributed by atoms with van der Waals surface area (Å²) in [5.74, 6) is -1.89. The van der Waals surface area contributed by atoms with Crippen LogP contribution in [-0.4, -0.2) is 19.8 Å². The normalized spacial score (nSPS) is 15.5. The fourth-order valence-electron chi connectivity index (χ4n) is 3.82. The van der Waals surface area contributed by atoms with Gasteiger partial charge in [0.2, 0.25) is 5.82 Å². The van der Waals surface area contributed by atoms with Crippen molar-refractivity contribution in [2.75, 3.05) is 13.7 Å². The van der Waals surface area contributed by atoms with Crippen molar-refractivity contribution in [3.05, 3.63) is 101 Å². The van der Waals surface area contributed by atoms with Crippen molar-refractivity contribution < 1.29 is 27.4 Å². The summed E-state index contributed by atoms with van der Waals surface area (Å²) in [7, 11) is 1.54. The van der Waals surface area contributed by atoms with Crippen LogP contribution in [0, 0.1) is 11.6 Å². The van der Waals surface area contributed by atoms with Crippen molar-refractivity contribution in [1.82, 2.24) is 0 Å². The molecular formula is C28H25F3O3. The largest absolute Gasteiger partial charge is 0.497 e. The van der Waals surface area contributed by atoms with Crippen LogP contribution >= 0.6 is 0 Å². The highest BCUT2D eigenvalue weighted by atomic mass is 19.2. The third kappa shape index (κ3) is 5.18. The van der Waals surface area contributed by atoms with Gasteiger partial charge in [-0.15, -0.1) is 0 Å². The Morgan fingerprint density at radius 3 is 2.21 bits per heavy atom. The van der Waals surface area contributed by atoms with Gasteiger partial charge in [-0.05, 0) is 60.4 Å². The van der Waals surface area contributed by atoms with E-state index in [0.717, 1.165) is 11.1 Å². The highest BCUT2D eigenvalue weighted by molar-refractivity contribution is 5.78. The summed E-state index contributed by atoms with van der Waals surface area (Å²) < 4.78 is 59.9. The predicted molar refractivity (Wildman–Crippen MR) is 126 cm³/mol. The summed E-state index contributed by atoms with van der Waals surface area (Å²) in [6.45, 7) is 2.45. The highest BCUT2D eigenvalue weighted by Crippen LogP contribution is 2.32. The first-order valence-electron chi connectivity index (χ1n) is 11.0. The lowest BCUT2D eigenvalue weighted by atomic mass is 9.96. The van der Waals surface area contributed by atoms with Gasteiger partial charge < -0.3 is 14.2 Å². The molecule has 0 amide bonds. The Balaban J connectivity index is 1.43. The number of halogens is 3. The van der Waals surface area contributed by atoms with Crippen molar-refractivity contribution >= 4 is 5.57 Å². The summed E-state index contributed by atoms with van der Waals surface area (Å²) in [4.78, 5) is 0. The first-order valence-corrected chi connectivity index (χ1v) is 11.0. The fourth-order valence-corrected chi connectivity index (χ4v) is 3.82. The first kappa shape index (κ1) is 23.6. The van der Waals surface area contributed by atoms with Crippen LogP contribution in [0.3, 0.4) is 0 Å². The average molecular weight is 466 g/mol. The van der Waals surface area contributed by atoms with E-state index in [-0.39, 0.29) is 29.9 Å². The molecule has 1 aliphatic carbocycles. The monoisotopic (exact) mass is 466 g/mol. The molecule has 0 aliphatic heterocycles. The van der Waals surface area contributed by atoms with Crippen LogP contribution in [0.5, 0.6) is 11.5 Å². The predicted octanol–water partition coefficient (Wildman–Crippen LogP) is 7.27. The molecule has 176 valence electrons. The first-order chi connectivity index (χ1) is 16.5. The van der Waals surface area contributed by atoms with Gasteiger partial charge in [-0.25, -0.2) is 8.78 Å². The molecule has 1 aliphatic rings. The quantitative estimate of drug-likeness (QED) is 0.350. The van der Waals surface area contributed by atoms with Crippen LogP contribution in [0.4, 0.5) is 13.2 Å². The number of rotatable bonds is 8. The van der Waals surface area contributed by atoms with Gasteiger partial charge >= 0.3 is 0 Å². The lowest BCUT2D eigenvalue weighted by Crippen LogP contribution is -2.12. The second-order valence-electron chi connectivity index (χ2n) is 7.82. The minimum atomic E-state index is -1.05. The molecule has 3 aromatic rings. The Hall–Kier alpha value is -3.51. The van der Waals surface area contributed by atoms with Gasteiger partial charge in [0.15, 0.2) is 11.6 Å². The SMILES string of the molecule is CCOC1C=C(F)C(c2ccc(COc3ccc(-c4ccc(OC)cc4)c(F)c3F)cc2)=CC1. The van der Waals surface area contributed by atoms with Crippen molar-refractivity contribution in [2.45, 2.75) is 26.1 Å². The summed E-state index contributed by atoms with van der Waals surface area (Å²) in [6, 6.07) is 16.7. The van der Waals surface area contributed by atoms with Gasteiger partial charge in [0.05, 0.1) is 13.2 Å². The third-order valence-corrected chi connectivity index (χ3v) is 5.63. The second-order valence-corrected chi connectivity index (χ2v) is 7.82. The molecule has 0 saturated heterocycles. The Labute approximate surface area is 197 Å². The molecule has 4 rings (SSSR count). The molecule has 3 nitrogen and oxygen atoms in total. The van der Waals surface area contributed by atoms with Gasteiger partial charge in [-0.3, -0.25) is 0 Å². The van der Waals surface area contributed by atoms with E-state index in [1.165, 1.54) is 25.3 Å². The highest BCUT2D eigenvalue weighted by Gasteiger charge is 2.18. The van der Waals surface area contributed by atoms with Gasteiger partial charge in [-0.2, -0.15) is 4.39 Å². The second kappa shape index (κ2) is 10.6. The summed E-state index contributed by atoms with van der Waals surface area (Å²) in [5.41, 5.74) is 2.67. The minimum Gasteiger partial charge on any atom is -0.497 e. The number of methoxy groups -OCH3 is 1. The van der Waals surface area contributed by atoms with E-state index in [4.69, 9.17) is 14.2 Å². The van der Waals surface area contributed by atoms with Crippen LogP contribution in [-0.2, 0) is 11.3 Å². The molecule has 0 heterocycles. The molecule has 0 N–H and O–H groups in total. The number of ether oxygens (including phenoxy) is 3. The van der Waals surface area contributed by atoms with Crippen molar-refractivity contribution in [2.24, 2.45) is 0 Å². The standard InChI is InChI=1S/C28H25F3O3/c1-3-33-22-12-13-23(25(29)16-22)19-6-4-18(5-7-19)17-34-26-15-14-24(27(30)28(26)31)20-8-10-21(32-2)11-9-20/h4-11,13-16,22H,3,12,17H2,1-2H3. The molecule has 34 heavy (non-hydrogen) atoms. The molecular weight excluding hydrogens is 441 g/mol. The zero-order valence-electron chi connectivity index (χ0n) is 19.0. The van der Waals surface area contributed by atoms with E-state index in [9.17, 15) is 13.2 Å². The van der Waals surface area contributed by atoms with Crippen LogP contribution in [0.2, 0.25) is 0 Å². The van der Waals surface area contributed by atoms with E-state index in [1.807, 2.05) is 13.0 Å². The van der Waals surface area contributed by atoms with Gasteiger partial charge in [0, 0.05) is 17.7 Å². The minimum absolute atomic E-state index is 0.0440. The maximum atomic E-state index is 14.7. The van der Waals surface area contributed by atoms with Crippen molar-refractivity contribution in [3.63, 3.8) is 0 Å². The Morgan fingerprint density at radius 2 is 1.56 bits per heavy atom. The van der Waals surface area contributed by atoms with Crippen molar-refractivity contribution in [3.8, 4) is 22.6 Å². The van der Waals surface area contributed by atoms with E-state index >= 15 is 0 Å². The maximum Gasteiger partial charge on any atom is 0.201 e. The molecule has 3 aromatic carbocycles. The van der Waals surface area contributed by atoms with Gasteiger partial charge in [-0.1, -0.05) is 42.5 Å². The topological polar surface area (TPSA) is 27.7 Å². The smallest absolute Gasteiger partial charge is 0.201 e. The van der Waals surface area contributed by atoms with Gasteiger partial charge in [0.1, 0.15) is 18.2 Å². The number of hydrogen-bond acceptors (Lipinski definition) is 3. The number of hydrogen-bond donors (Lipinski definition) is 0. The number of benzene rings is 3. The van der Waals surface area contributed by atoms with E-state index < -0.39 is 11.6 Å². The lowest BCUT2D eigenvalue weighted by Gasteiger charge is -2.18. The molecule has 6 heteroatoms. The Bertz CT molecular complexity index is 1200. The van der Waals surface area contributed by atoms with Crippen LogP contribution < -0.4 is 9.47 Å². The molecule has 0 aromatic heterocycles. The van der Waals surface area contributed by atoms with E-state index in [2.05, 4.69) is 0 Å². The zero-order valence-corrected chi connectivity index (χ0v) is 19.0. The maximum absolute atomic E-state index is 14.7. The van der Waals surface area contributed by atoms with E-state index in [1.54, 1.807) is 48.5 Å². The molecule has 0 saturated carbocycles. The molecule has 1 atom stereocenters. The molecule has 1 unspecified atom stereocenters. The third-order valence-electron chi connectivity index (χ3n) is 5.63. The number of allylic oxidation sites excluding steroid dienone is 2. The van der Waals surface area contributed by atoms with E-state index in [0.29, 0.717) is 29.9 Å². The van der Waals surface area contributed by atoms with Crippen molar-refractivity contribution in [1.29, 1.82) is 0 Å². The van der Waals surface area contributed by atoms with Crippen LogP contribution in [0.15, 0.2) is 78.6 Å². The lowest BCUT2D eigenvalue weighted by molar-refractivity contribution is 0.0964. The molecule has 0 bridgehead atoms. The Morgan fingerprint density at radius 1 is 0.853 bits per heavy atom. The van der Waals surface area contributed by atoms with Crippen LogP contribution in [0.1, 0.15) is 24.5 Å². The molecule has 0 fully saturated rings. The van der Waals surface area contributed by atoms with Crippen LogP contribution in [0.25, 0.3) is 16.7 Å². The fraction of sp³-hybridized carbons (Fsp3) is 0.214.